The van der Waals surface area contributed by atoms with E-state index in [1.807, 2.05) is 18.8 Å². The van der Waals surface area contributed by atoms with Crippen LogP contribution in [0, 0.1) is 0 Å². The summed E-state index contributed by atoms with van der Waals surface area (Å²) in [5, 5.41) is 7.93. The first-order valence-corrected chi connectivity index (χ1v) is 7.26. The van der Waals surface area contributed by atoms with Crippen LogP contribution < -0.4 is 5.32 Å². The first-order chi connectivity index (χ1) is 9.78. The summed E-state index contributed by atoms with van der Waals surface area (Å²) < 4.78 is 1.97. The third kappa shape index (κ3) is 2.56. The van der Waals surface area contributed by atoms with Crippen molar-refractivity contribution in [1.29, 1.82) is 0 Å². The molecule has 0 fully saturated rings. The van der Waals surface area contributed by atoms with Gasteiger partial charge in [0.1, 0.15) is 5.82 Å². The lowest BCUT2D eigenvalue weighted by molar-refractivity contribution is 0.278. The van der Waals surface area contributed by atoms with Gasteiger partial charge in [0.05, 0.1) is 5.69 Å². The van der Waals surface area contributed by atoms with E-state index >= 15 is 0 Å². The Balaban J connectivity index is 1.72. The van der Waals surface area contributed by atoms with Gasteiger partial charge in [0.15, 0.2) is 0 Å². The molecule has 0 aliphatic carbocycles. The molecule has 1 aliphatic rings. The minimum atomic E-state index is 1.03. The van der Waals surface area contributed by atoms with Crippen molar-refractivity contribution < 1.29 is 0 Å². The molecule has 0 unspecified atom stereocenters. The summed E-state index contributed by atoms with van der Waals surface area (Å²) in [6, 6.07) is 10.7. The van der Waals surface area contributed by atoms with Gasteiger partial charge in [-0.1, -0.05) is 30.3 Å². The van der Waals surface area contributed by atoms with Crippen LogP contribution in [0.15, 0.2) is 30.3 Å². The molecule has 0 spiro atoms. The highest BCUT2D eigenvalue weighted by Gasteiger charge is 2.20. The van der Waals surface area contributed by atoms with E-state index in [0.29, 0.717) is 0 Å². The SMILES string of the molecule is CNc1c2c(nn1C)CCN(Cc1ccccc1)CC2. The predicted molar refractivity (Wildman–Crippen MR) is 81.9 cm³/mol. The molecule has 0 bridgehead atoms. The van der Waals surface area contributed by atoms with E-state index < -0.39 is 0 Å². The zero-order chi connectivity index (χ0) is 13.9. The molecule has 2 heterocycles. The lowest BCUT2D eigenvalue weighted by Crippen LogP contribution is -2.26. The van der Waals surface area contributed by atoms with Gasteiger partial charge in [-0.15, -0.1) is 0 Å². The van der Waals surface area contributed by atoms with Gasteiger partial charge < -0.3 is 5.32 Å². The van der Waals surface area contributed by atoms with Crippen molar-refractivity contribution in [3.8, 4) is 0 Å². The van der Waals surface area contributed by atoms with Crippen LogP contribution in [0.4, 0.5) is 5.82 Å². The van der Waals surface area contributed by atoms with Crippen LogP contribution in [-0.4, -0.2) is 34.8 Å². The molecule has 0 saturated heterocycles. The standard InChI is InChI=1S/C16H22N4/c1-17-16-14-8-10-20(11-9-15(14)18-19(16)2)12-13-6-4-3-5-7-13/h3-7,17H,8-12H2,1-2H3. The first kappa shape index (κ1) is 13.2. The summed E-state index contributed by atoms with van der Waals surface area (Å²) in [4.78, 5) is 2.52. The fourth-order valence-corrected chi connectivity index (χ4v) is 3.05. The van der Waals surface area contributed by atoms with Crippen LogP contribution in [-0.2, 0) is 26.4 Å². The fraction of sp³-hybridized carbons (Fsp3) is 0.438. The topological polar surface area (TPSA) is 33.1 Å². The van der Waals surface area contributed by atoms with Gasteiger partial charge in [-0.3, -0.25) is 9.58 Å². The van der Waals surface area contributed by atoms with Crippen LogP contribution >= 0.6 is 0 Å². The lowest BCUT2D eigenvalue weighted by atomic mass is 10.1. The number of nitrogens with one attached hydrogen (secondary N) is 1. The van der Waals surface area contributed by atoms with Gasteiger partial charge >= 0.3 is 0 Å². The molecular formula is C16H22N4. The maximum absolute atomic E-state index is 4.65. The molecule has 0 radical (unpaired) electrons. The molecule has 1 aromatic carbocycles. The molecular weight excluding hydrogens is 248 g/mol. The molecule has 4 heteroatoms. The zero-order valence-corrected chi connectivity index (χ0v) is 12.3. The summed E-state index contributed by atoms with van der Waals surface area (Å²) in [7, 11) is 3.99. The Morgan fingerprint density at radius 2 is 1.90 bits per heavy atom. The van der Waals surface area contributed by atoms with Crippen LogP contribution in [0.3, 0.4) is 0 Å². The third-order valence-electron chi connectivity index (χ3n) is 4.06. The molecule has 20 heavy (non-hydrogen) atoms. The maximum Gasteiger partial charge on any atom is 0.127 e. The molecule has 1 N–H and O–H groups in total. The summed E-state index contributed by atoms with van der Waals surface area (Å²) in [5.74, 6) is 1.17. The number of anilines is 1. The normalized spacial score (nSPS) is 15.7. The Labute approximate surface area is 120 Å². The van der Waals surface area contributed by atoms with Crippen molar-refractivity contribution >= 4 is 5.82 Å². The number of fused-ring (bicyclic) bond motifs is 1. The van der Waals surface area contributed by atoms with Gasteiger partial charge in [0.2, 0.25) is 0 Å². The van der Waals surface area contributed by atoms with E-state index in [-0.39, 0.29) is 0 Å². The van der Waals surface area contributed by atoms with Crippen molar-refractivity contribution in [2.24, 2.45) is 7.05 Å². The molecule has 0 saturated carbocycles. The van der Waals surface area contributed by atoms with Gasteiger partial charge in [0.25, 0.3) is 0 Å². The number of benzene rings is 1. The van der Waals surface area contributed by atoms with E-state index in [2.05, 4.69) is 45.6 Å². The molecule has 1 aliphatic heterocycles. The zero-order valence-electron chi connectivity index (χ0n) is 12.3. The Morgan fingerprint density at radius 1 is 1.15 bits per heavy atom. The third-order valence-corrected chi connectivity index (χ3v) is 4.06. The van der Waals surface area contributed by atoms with Gasteiger partial charge in [-0.25, -0.2) is 0 Å². The average Bonchev–Trinajstić information content (AvgIpc) is 2.65. The minimum Gasteiger partial charge on any atom is -0.373 e. The largest absolute Gasteiger partial charge is 0.373 e. The second kappa shape index (κ2) is 5.67. The lowest BCUT2D eigenvalue weighted by Gasteiger charge is -2.19. The average molecular weight is 270 g/mol. The van der Waals surface area contributed by atoms with Crippen LogP contribution in [0.2, 0.25) is 0 Å². The minimum absolute atomic E-state index is 1.03. The van der Waals surface area contributed by atoms with E-state index in [0.717, 1.165) is 32.5 Å². The molecule has 3 rings (SSSR count). The summed E-state index contributed by atoms with van der Waals surface area (Å²) in [6.07, 6.45) is 2.11. The Morgan fingerprint density at radius 3 is 2.65 bits per heavy atom. The predicted octanol–water partition coefficient (Wildman–Crippen LogP) is 2.06. The Bertz CT molecular complexity index is 574. The maximum atomic E-state index is 4.65. The van der Waals surface area contributed by atoms with Gasteiger partial charge in [0, 0.05) is 45.7 Å². The van der Waals surface area contributed by atoms with Crippen molar-refractivity contribution in [2.45, 2.75) is 19.4 Å². The number of aromatic nitrogens is 2. The molecule has 0 amide bonds. The van der Waals surface area contributed by atoms with E-state index in [1.165, 1.54) is 22.6 Å². The van der Waals surface area contributed by atoms with Gasteiger partial charge in [-0.2, -0.15) is 5.10 Å². The summed E-state index contributed by atoms with van der Waals surface area (Å²) in [5.41, 5.74) is 4.04. The monoisotopic (exact) mass is 270 g/mol. The Hall–Kier alpha value is -1.81. The molecule has 2 aromatic rings. The van der Waals surface area contributed by atoms with Crippen molar-refractivity contribution in [3.05, 3.63) is 47.2 Å². The van der Waals surface area contributed by atoms with Crippen LogP contribution in [0.25, 0.3) is 0 Å². The molecule has 0 atom stereocenters. The molecule has 1 aromatic heterocycles. The van der Waals surface area contributed by atoms with Crippen LogP contribution in [0.5, 0.6) is 0 Å². The Kier molecular flexibility index (Phi) is 3.74. The highest BCUT2D eigenvalue weighted by molar-refractivity contribution is 5.48. The quantitative estimate of drug-likeness (QED) is 0.927. The smallest absolute Gasteiger partial charge is 0.127 e. The van der Waals surface area contributed by atoms with Crippen LogP contribution in [0.1, 0.15) is 16.8 Å². The fourth-order valence-electron chi connectivity index (χ4n) is 3.05. The number of hydrogen-bond acceptors (Lipinski definition) is 3. The number of hydrogen-bond donors (Lipinski definition) is 1. The summed E-state index contributed by atoms with van der Waals surface area (Å²) in [6.45, 7) is 3.22. The number of nitrogens with zero attached hydrogens (tertiary/aromatic N) is 3. The van der Waals surface area contributed by atoms with Crippen molar-refractivity contribution in [2.75, 3.05) is 25.5 Å². The van der Waals surface area contributed by atoms with E-state index in [4.69, 9.17) is 0 Å². The van der Waals surface area contributed by atoms with Gasteiger partial charge in [-0.05, 0) is 12.0 Å². The van der Waals surface area contributed by atoms with Crippen molar-refractivity contribution in [3.63, 3.8) is 0 Å². The highest BCUT2D eigenvalue weighted by atomic mass is 15.3. The van der Waals surface area contributed by atoms with E-state index in [9.17, 15) is 0 Å². The second-order valence-electron chi connectivity index (χ2n) is 5.41. The number of aryl methyl sites for hydroxylation is 1. The first-order valence-electron chi connectivity index (χ1n) is 7.26. The van der Waals surface area contributed by atoms with E-state index in [1.54, 1.807) is 0 Å². The summed E-state index contributed by atoms with van der Waals surface area (Å²) >= 11 is 0. The second-order valence-corrected chi connectivity index (χ2v) is 5.41. The molecule has 4 nitrogen and oxygen atoms in total. The van der Waals surface area contributed by atoms with Crippen molar-refractivity contribution in [1.82, 2.24) is 14.7 Å². The molecule has 106 valence electrons. The number of rotatable bonds is 3. The highest BCUT2D eigenvalue weighted by Crippen LogP contribution is 2.23.